The first-order valence-corrected chi connectivity index (χ1v) is 8.00. The zero-order valence-corrected chi connectivity index (χ0v) is 13.6. The van der Waals surface area contributed by atoms with E-state index >= 15 is 0 Å². The lowest BCUT2D eigenvalue weighted by atomic mass is 9.94. The molecular formula is C16H18BrN3O. The Morgan fingerprint density at radius 2 is 2.29 bits per heavy atom. The standard InChI is InChI=1S/C16H18BrN3O/c1-11-13(5-2-6-14(11)17)16(21)20-9-3-4-12(10-20)15-7-8-18-19-15/h2,5-8,12H,3-4,9-10H2,1H3,(H,18,19). The van der Waals surface area contributed by atoms with Crippen LogP contribution in [-0.2, 0) is 0 Å². The lowest BCUT2D eigenvalue weighted by Crippen LogP contribution is -2.39. The highest BCUT2D eigenvalue weighted by Gasteiger charge is 2.27. The van der Waals surface area contributed by atoms with E-state index in [0.29, 0.717) is 5.92 Å². The van der Waals surface area contributed by atoms with Gasteiger partial charge in [0, 0.05) is 40.9 Å². The number of nitrogens with one attached hydrogen (secondary N) is 1. The van der Waals surface area contributed by atoms with Crippen LogP contribution in [0.25, 0.3) is 0 Å². The summed E-state index contributed by atoms with van der Waals surface area (Å²) in [5.74, 6) is 0.482. The average molecular weight is 348 g/mol. The van der Waals surface area contributed by atoms with Gasteiger partial charge in [-0.3, -0.25) is 9.89 Å². The van der Waals surface area contributed by atoms with Crippen LogP contribution < -0.4 is 0 Å². The molecule has 110 valence electrons. The molecule has 1 aliphatic heterocycles. The van der Waals surface area contributed by atoms with E-state index in [1.165, 1.54) is 0 Å². The van der Waals surface area contributed by atoms with E-state index < -0.39 is 0 Å². The molecule has 5 heteroatoms. The van der Waals surface area contributed by atoms with E-state index in [9.17, 15) is 4.79 Å². The summed E-state index contributed by atoms with van der Waals surface area (Å²) in [5.41, 5.74) is 2.92. The lowest BCUT2D eigenvalue weighted by molar-refractivity contribution is 0.0705. The molecule has 1 atom stereocenters. The molecule has 1 fully saturated rings. The molecule has 0 saturated carbocycles. The number of H-pyrrole nitrogens is 1. The molecule has 0 radical (unpaired) electrons. The van der Waals surface area contributed by atoms with Crippen molar-refractivity contribution >= 4 is 21.8 Å². The highest BCUT2D eigenvalue weighted by Crippen LogP contribution is 2.27. The zero-order valence-electron chi connectivity index (χ0n) is 12.0. The van der Waals surface area contributed by atoms with Crippen molar-refractivity contribution in [2.45, 2.75) is 25.7 Å². The van der Waals surface area contributed by atoms with Crippen LogP contribution in [0, 0.1) is 6.92 Å². The van der Waals surface area contributed by atoms with Crippen LogP contribution in [0.2, 0.25) is 0 Å². The van der Waals surface area contributed by atoms with E-state index in [-0.39, 0.29) is 5.91 Å². The van der Waals surface area contributed by atoms with Crippen molar-refractivity contribution in [1.29, 1.82) is 0 Å². The molecule has 1 unspecified atom stereocenters. The number of benzene rings is 1. The lowest BCUT2D eigenvalue weighted by Gasteiger charge is -2.32. The van der Waals surface area contributed by atoms with Crippen molar-refractivity contribution in [3.05, 3.63) is 51.8 Å². The van der Waals surface area contributed by atoms with E-state index in [2.05, 4.69) is 26.1 Å². The normalized spacial score (nSPS) is 18.8. The molecule has 2 heterocycles. The minimum Gasteiger partial charge on any atom is -0.338 e. The van der Waals surface area contributed by atoms with Gasteiger partial charge in [0.1, 0.15) is 0 Å². The van der Waals surface area contributed by atoms with Gasteiger partial charge in [0.15, 0.2) is 0 Å². The maximum absolute atomic E-state index is 12.8. The Morgan fingerprint density at radius 3 is 3.05 bits per heavy atom. The molecule has 0 bridgehead atoms. The van der Waals surface area contributed by atoms with Gasteiger partial charge < -0.3 is 4.90 Å². The number of likely N-dealkylation sites (tertiary alicyclic amines) is 1. The molecule has 1 aromatic heterocycles. The van der Waals surface area contributed by atoms with E-state index in [0.717, 1.165) is 47.2 Å². The third-order valence-corrected chi connectivity index (χ3v) is 5.03. The Bertz CT molecular complexity index is 639. The van der Waals surface area contributed by atoms with Gasteiger partial charge >= 0.3 is 0 Å². The van der Waals surface area contributed by atoms with Gasteiger partial charge in [-0.05, 0) is 43.5 Å². The van der Waals surface area contributed by atoms with Crippen LogP contribution in [0.3, 0.4) is 0 Å². The van der Waals surface area contributed by atoms with E-state index in [1.807, 2.05) is 36.1 Å². The predicted molar refractivity (Wildman–Crippen MR) is 85.3 cm³/mol. The monoisotopic (exact) mass is 347 g/mol. The smallest absolute Gasteiger partial charge is 0.254 e. The second kappa shape index (κ2) is 6.02. The van der Waals surface area contributed by atoms with Crippen LogP contribution in [0.15, 0.2) is 34.9 Å². The van der Waals surface area contributed by atoms with E-state index in [1.54, 1.807) is 6.20 Å². The molecule has 2 aromatic rings. The second-order valence-corrected chi connectivity index (χ2v) is 6.37. The fourth-order valence-electron chi connectivity index (χ4n) is 2.92. The summed E-state index contributed by atoms with van der Waals surface area (Å²) >= 11 is 3.50. The van der Waals surface area contributed by atoms with Gasteiger partial charge in [0.2, 0.25) is 0 Å². The van der Waals surface area contributed by atoms with Crippen molar-refractivity contribution < 1.29 is 4.79 Å². The molecule has 21 heavy (non-hydrogen) atoms. The Morgan fingerprint density at radius 1 is 1.43 bits per heavy atom. The SMILES string of the molecule is Cc1c(Br)cccc1C(=O)N1CCCC(c2ccn[nH]2)C1. The largest absolute Gasteiger partial charge is 0.338 e. The van der Waals surface area contributed by atoms with Gasteiger partial charge in [-0.2, -0.15) is 5.10 Å². The minimum atomic E-state index is 0.123. The molecule has 1 N–H and O–H groups in total. The molecule has 1 aromatic carbocycles. The number of carbonyl (C=O) groups is 1. The predicted octanol–water partition coefficient (Wildman–Crippen LogP) is 3.50. The highest BCUT2D eigenvalue weighted by molar-refractivity contribution is 9.10. The molecule has 1 amide bonds. The van der Waals surface area contributed by atoms with Gasteiger partial charge in [0.05, 0.1) is 0 Å². The third-order valence-electron chi connectivity index (χ3n) is 4.17. The maximum atomic E-state index is 12.8. The number of piperidine rings is 1. The quantitative estimate of drug-likeness (QED) is 0.903. The second-order valence-electron chi connectivity index (χ2n) is 5.51. The summed E-state index contributed by atoms with van der Waals surface area (Å²) in [5, 5.41) is 7.05. The Hall–Kier alpha value is -1.62. The first-order valence-electron chi connectivity index (χ1n) is 7.20. The van der Waals surface area contributed by atoms with Crippen molar-refractivity contribution in [2.75, 3.05) is 13.1 Å². The summed E-state index contributed by atoms with van der Waals surface area (Å²) in [6.07, 6.45) is 3.90. The number of nitrogens with zero attached hydrogens (tertiary/aromatic N) is 2. The number of hydrogen-bond acceptors (Lipinski definition) is 2. The Labute approximate surface area is 132 Å². The summed E-state index contributed by atoms with van der Waals surface area (Å²) in [6.45, 7) is 3.57. The molecule has 1 saturated heterocycles. The number of aromatic amines is 1. The molecule has 1 aliphatic rings. The van der Waals surface area contributed by atoms with Crippen molar-refractivity contribution in [3.8, 4) is 0 Å². The van der Waals surface area contributed by atoms with Gasteiger partial charge in [-0.1, -0.05) is 22.0 Å². The van der Waals surface area contributed by atoms with Crippen LogP contribution in [-0.4, -0.2) is 34.1 Å². The fraction of sp³-hybridized carbons (Fsp3) is 0.375. The van der Waals surface area contributed by atoms with Crippen molar-refractivity contribution in [1.82, 2.24) is 15.1 Å². The van der Waals surface area contributed by atoms with E-state index in [4.69, 9.17) is 0 Å². The average Bonchev–Trinajstić information content (AvgIpc) is 3.04. The summed E-state index contributed by atoms with van der Waals surface area (Å²) in [6, 6.07) is 7.79. The zero-order chi connectivity index (χ0) is 14.8. The summed E-state index contributed by atoms with van der Waals surface area (Å²) in [4.78, 5) is 14.7. The topological polar surface area (TPSA) is 49.0 Å². The van der Waals surface area contributed by atoms with Gasteiger partial charge in [-0.25, -0.2) is 0 Å². The number of hydrogen-bond donors (Lipinski definition) is 1. The van der Waals surface area contributed by atoms with Crippen LogP contribution >= 0.6 is 15.9 Å². The molecule has 0 spiro atoms. The molecule has 4 nitrogen and oxygen atoms in total. The van der Waals surface area contributed by atoms with Crippen molar-refractivity contribution in [3.63, 3.8) is 0 Å². The van der Waals surface area contributed by atoms with Crippen LogP contribution in [0.1, 0.15) is 40.4 Å². The van der Waals surface area contributed by atoms with Crippen LogP contribution in [0.5, 0.6) is 0 Å². The molecule has 3 rings (SSSR count). The minimum absolute atomic E-state index is 0.123. The van der Waals surface area contributed by atoms with Crippen molar-refractivity contribution in [2.24, 2.45) is 0 Å². The Kier molecular flexibility index (Phi) is 4.10. The number of halogens is 1. The summed E-state index contributed by atoms with van der Waals surface area (Å²) < 4.78 is 0.982. The van der Waals surface area contributed by atoms with Crippen LogP contribution in [0.4, 0.5) is 0 Å². The number of aromatic nitrogens is 2. The number of amides is 1. The van der Waals surface area contributed by atoms with Gasteiger partial charge in [-0.15, -0.1) is 0 Å². The number of carbonyl (C=O) groups excluding carboxylic acids is 1. The molecular weight excluding hydrogens is 330 g/mol. The maximum Gasteiger partial charge on any atom is 0.254 e. The number of rotatable bonds is 2. The summed E-state index contributed by atoms with van der Waals surface area (Å²) in [7, 11) is 0. The third kappa shape index (κ3) is 2.88. The van der Waals surface area contributed by atoms with Gasteiger partial charge in [0.25, 0.3) is 5.91 Å². The Balaban J connectivity index is 1.80. The fourth-order valence-corrected chi connectivity index (χ4v) is 3.29. The first kappa shape index (κ1) is 14.3. The highest BCUT2D eigenvalue weighted by atomic mass is 79.9. The molecule has 0 aliphatic carbocycles. The first-order chi connectivity index (χ1) is 10.2.